The van der Waals surface area contributed by atoms with Crippen LogP contribution in [0.15, 0.2) is 34.9 Å². The topological polar surface area (TPSA) is 38.9 Å². The van der Waals surface area contributed by atoms with E-state index in [-0.39, 0.29) is 0 Å². The fraction of sp³-hybridized carbons (Fsp3) is 0.182. The van der Waals surface area contributed by atoms with Gasteiger partial charge in [0.1, 0.15) is 4.60 Å². The molecule has 0 radical (unpaired) electrons. The molecule has 2 aromatic rings. The molecule has 2 N–H and O–H groups in total. The molecule has 2 rings (SSSR count). The SMILES string of the molecule is NCCc1cc2ccccc2nc1Br. The standard InChI is InChI=1S/C11H11BrN2/c12-11-9(5-6-13)7-8-3-1-2-4-10(8)14-11/h1-4,7H,5-6,13H2. The molecule has 0 aliphatic carbocycles. The molecule has 0 saturated heterocycles. The van der Waals surface area contributed by atoms with Crippen LogP contribution in [0.2, 0.25) is 0 Å². The summed E-state index contributed by atoms with van der Waals surface area (Å²) < 4.78 is 0.904. The van der Waals surface area contributed by atoms with Crippen LogP contribution >= 0.6 is 15.9 Å². The number of pyridine rings is 1. The molecule has 0 bridgehead atoms. The van der Waals surface area contributed by atoms with E-state index in [1.165, 1.54) is 10.9 Å². The number of halogens is 1. The second-order valence-electron chi connectivity index (χ2n) is 3.17. The number of fused-ring (bicyclic) bond motifs is 1. The predicted octanol–water partition coefficient (Wildman–Crippen LogP) is 2.50. The van der Waals surface area contributed by atoms with Crippen LogP contribution in [0, 0.1) is 0 Å². The quantitative estimate of drug-likeness (QED) is 0.833. The molecule has 1 aromatic heterocycles. The van der Waals surface area contributed by atoms with Gasteiger partial charge in [0.05, 0.1) is 5.52 Å². The fourth-order valence-corrected chi connectivity index (χ4v) is 1.97. The molecule has 72 valence electrons. The van der Waals surface area contributed by atoms with Crippen molar-refractivity contribution in [2.75, 3.05) is 6.54 Å². The van der Waals surface area contributed by atoms with Crippen LogP contribution < -0.4 is 5.73 Å². The van der Waals surface area contributed by atoms with Gasteiger partial charge in [-0.05, 0) is 46.6 Å². The number of para-hydroxylation sites is 1. The second-order valence-corrected chi connectivity index (χ2v) is 3.92. The highest BCUT2D eigenvalue weighted by Gasteiger charge is 2.02. The molecular weight excluding hydrogens is 240 g/mol. The summed E-state index contributed by atoms with van der Waals surface area (Å²) in [5.41, 5.74) is 7.71. The van der Waals surface area contributed by atoms with Gasteiger partial charge in [-0.2, -0.15) is 0 Å². The van der Waals surface area contributed by atoms with E-state index in [2.05, 4.69) is 33.0 Å². The Morgan fingerprint density at radius 2 is 2.07 bits per heavy atom. The first-order valence-corrected chi connectivity index (χ1v) is 5.35. The van der Waals surface area contributed by atoms with Crippen molar-refractivity contribution in [1.29, 1.82) is 0 Å². The average molecular weight is 251 g/mol. The van der Waals surface area contributed by atoms with Crippen molar-refractivity contribution < 1.29 is 0 Å². The summed E-state index contributed by atoms with van der Waals surface area (Å²) >= 11 is 3.45. The van der Waals surface area contributed by atoms with Gasteiger partial charge in [-0.3, -0.25) is 0 Å². The number of benzene rings is 1. The van der Waals surface area contributed by atoms with E-state index < -0.39 is 0 Å². The third-order valence-corrected chi connectivity index (χ3v) is 2.85. The Morgan fingerprint density at radius 3 is 2.86 bits per heavy atom. The fourth-order valence-electron chi connectivity index (χ4n) is 1.47. The van der Waals surface area contributed by atoms with Gasteiger partial charge in [0.2, 0.25) is 0 Å². The zero-order valence-electron chi connectivity index (χ0n) is 7.70. The van der Waals surface area contributed by atoms with Gasteiger partial charge in [0.15, 0.2) is 0 Å². The third-order valence-electron chi connectivity index (χ3n) is 2.16. The van der Waals surface area contributed by atoms with Gasteiger partial charge >= 0.3 is 0 Å². The minimum atomic E-state index is 0.651. The smallest absolute Gasteiger partial charge is 0.110 e. The molecule has 0 amide bonds. The molecule has 14 heavy (non-hydrogen) atoms. The van der Waals surface area contributed by atoms with E-state index in [1.807, 2.05) is 18.2 Å². The Morgan fingerprint density at radius 1 is 1.29 bits per heavy atom. The molecule has 3 heteroatoms. The van der Waals surface area contributed by atoms with Crippen LogP contribution in [0.5, 0.6) is 0 Å². The van der Waals surface area contributed by atoms with E-state index in [0.29, 0.717) is 6.54 Å². The van der Waals surface area contributed by atoms with Crippen molar-refractivity contribution in [3.63, 3.8) is 0 Å². The van der Waals surface area contributed by atoms with Crippen molar-refractivity contribution in [2.45, 2.75) is 6.42 Å². The first-order valence-electron chi connectivity index (χ1n) is 4.55. The summed E-state index contributed by atoms with van der Waals surface area (Å²) in [7, 11) is 0. The zero-order valence-corrected chi connectivity index (χ0v) is 9.29. The first kappa shape index (κ1) is 9.62. The lowest BCUT2D eigenvalue weighted by Crippen LogP contribution is -2.04. The lowest BCUT2D eigenvalue weighted by atomic mass is 10.1. The highest BCUT2D eigenvalue weighted by molar-refractivity contribution is 9.10. The summed E-state index contributed by atoms with van der Waals surface area (Å²) in [6, 6.07) is 10.2. The van der Waals surface area contributed by atoms with E-state index in [1.54, 1.807) is 0 Å². The molecule has 0 atom stereocenters. The van der Waals surface area contributed by atoms with Crippen molar-refractivity contribution >= 4 is 26.8 Å². The van der Waals surface area contributed by atoms with E-state index in [9.17, 15) is 0 Å². The highest BCUT2D eigenvalue weighted by atomic mass is 79.9. The van der Waals surface area contributed by atoms with Crippen LogP contribution in [-0.4, -0.2) is 11.5 Å². The predicted molar refractivity (Wildman–Crippen MR) is 62.2 cm³/mol. The van der Waals surface area contributed by atoms with Crippen molar-refractivity contribution in [2.24, 2.45) is 5.73 Å². The van der Waals surface area contributed by atoms with Crippen molar-refractivity contribution in [3.05, 3.63) is 40.5 Å². The van der Waals surface area contributed by atoms with Crippen molar-refractivity contribution in [3.8, 4) is 0 Å². The molecular formula is C11H11BrN2. The number of nitrogens with two attached hydrogens (primary N) is 1. The van der Waals surface area contributed by atoms with Gasteiger partial charge in [0, 0.05) is 5.39 Å². The van der Waals surface area contributed by atoms with Crippen LogP contribution in [0.1, 0.15) is 5.56 Å². The number of hydrogen-bond donors (Lipinski definition) is 1. The first-order chi connectivity index (χ1) is 6.81. The molecule has 0 saturated carbocycles. The number of nitrogens with zero attached hydrogens (tertiary/aromatic N) is 1. The highest BCUT2D eigenvalue weighted by Crippen LogP contribution is 2.20. The Kier molecular flexibility index (Phi) is 2.79. The van der Waals surface area contributed by atoms with Crippen LogP contribution in [-0.2, 0) is 6.42 Å². The summed E-state index contributed by atoms with van der Waals surface area (Å²) in [4.78, 5) is 4.46. The minimum absolute atomic E-state index is 0.651. The zero-order chi connectivity index (χ0) is 9.97. The Hall–Kier alpha value is -0.930. The van der Waals surface area contributed by atoms with Gasteiger partial charge in [-0.15, -0.1) is 0 Å². The van der Waals surface area contributed by atoms with Crippen LogP contribution in [0.3, 0.4) is 0 Å². The summed E-state index contributed by atoms with van der Waals surface area (Å²) in [5.74, 6) is 0. The Labute approximate surface area is 91.3 Å². The largest absolute Gasteiger partial charge is 0.330 e. The van der Waals surface area contributed by atoms with E-state index in [4.69, 9.17) is 5.73 Å². The summed E-state index contributed by atoms with van der Waals surface area (Å²) in [5, 5.41) is 1.17. The summed E-state index contributed by atoms with van der Waals surface area (Å²) in [6.45, 7) is 0.651. The molecule has 0 fully saturated rings. The van der Waals surface area contributed by atoms with Gasteiger partial charge in [0.25, 0.3) is 0 Å². The molecule has 0 unspecified atom stereocenters. The average Bonchev–Trinajstić information content (AvgIpc) is 2.19. The molecule has 0 spiro atoms. The molecule has 0 aliphatic heterocycles. The minimum Gasteiger partial charge on any atom is -0.330 e. The normalized spacial score (nSPS) is 10.7. The number of rotatable bonds is 2. The van der Waals surface area contributed by atoms with Crippen LogP contribution in [0.4, 0.5) is 0 Å². The molecule has 0 aliphatic rings. The molecule has 1 aromatic carbocycles. The maximum atomic E-state index is 5.52. The van der Waals surface area contributed by atoms with E-state index >= 15 is 0 Å². The lowest BCUT2D eigenvalue weighted by Gasteiger charge is -2.04. The van der Waals surface area contributed by atoms with Crippen LogP contribution in [0.25, 0.3) is 10.9 Å². The van der Waals surface area contributed by atoms with Gasteiger partial charge < -0.3 is 5.73 Å². The van der Waals surface area contributed by atoms with Gasteiger partial charge in [-0.1, -0.05) is 18.2 Å². The second kappa shape index (κ2) is 4.07. The molecule has 2 nitrogen and oxygen atoms in total. The Balaban J connectivity index is 2.59. The Bertz CT molecular complexity index is 454. The maximum Gasteiger partial charge on any atom is 0.110 e. The third kappa shape index (κ3) is 1.79. The number of aromatic nitrogens is 1. The summed E-state index contributed by atoms with van der Waals surface area (Å²) in [6.07, 6.45) is 0.860. The van der Waals surface area contributed by atoms with Crippen molar-refractivity contribution in [1.82, 2.24) is 4.98 Å². The monoisotopic (exact) mass is 250 g/mol. The maximum absolute atomic E-state index is 5.52. The van der Waals surface area contributed by atoms with E-state index in [0.717, 1.165) is 16.5 Å². The number of hydrogen-bond acceptors (Lipinski definition) is 2. The molecule has 1 heterocycles. The van der Waals surface area contributed by atoms with Gasteiger partial charge in [-0.25, -0.2) is 4.98 Å². The lowest BCUT2D eigenvalue weighted by molar-refractivity contribution is 0.955.